The van der Waals surface area contributed by atoms with E-state index in [9.17, 15) is 14.4 Å². The second kappa shape index (κ2) is 6.41. The van der Waals surface area contributed by atoms with Gasteiger partial charge in [-0.05, 0) is 50.5 Å². The zero-order valence-corrected chi connectivity index (χ0v) is 15.4. The Labute approximate surface area is 153 Å². The molecule has 1 aliphatic heterocycles. The normalized spacial score (nSPS) is 19.6. The molecule has 134 valence electrons. The van der Waals surface area contributed by atoms with Gasteiger partial charge in [-0.15, -0.1) is 0 Å². The summed E-state index contributed by atoms with van der Waals surface area (Å²) in [6.45, 7) is 7.24. The van der Waals surface area contributed by atoms with E-state index in [2.05, 4.69) is 5.32 Å². The highest BCUT2D eigenvalue weighted by atomic mass is 16.2. The average Bonchev–Trinajstić information content (AvgIpc) is 2.82. The first-order valence-corrected chi connectivity index (χ1v) is 8.54. The maximum absolute atomic E-state index is 12.9. The van der Waals surface area contributed by atoms with Crippen LogP contribution in [0.4, 0.5) is 4.79 Å². The number of imide groups is 1. The van der Waals surface area contributed by atoms with E-state index in [1.807, 2.05) is 51.1 Å². The summed E-state index contributed by atoms with van der Waals surface area (Å²) in [4.78, 5) is 38.8. The number of aryl methyl sites for hydroxylation is 3. The van der Waals surface area contributed by atoms with Crippen LogP contribution in [0.3, 0.4) is 0 Å². The van der Waals surface area contributed by atoms with Gasteiger partial charge in [0.25, 0.3) is 5.91 Å². The van der Waals surface area contributed by atoms with Crippen LogP contribution in [-0.4, -0.2) is 29.2 Å². The van der Waals surface area contributed by atoms with Crippen LogP contribution < -0.4 is 5.32 Å². The van der Waals surface area contributed by atoms with Crippen LogP contribution in [-0.2, 0) is 10.3 Å². The lowest BCUT2D eigenvalue weighted by Crippen LogP contribution is -2.41. The Bertz CT molecular complexity index is 902. The number of carbonyl (C=O) groups is 3. The van der Waals surface area contributed by atoms with Crippen LogP contribution in [0.2, 0.25) is 0 Å². The number of ketones is 1. The summed E-state index contributed by atoms with van der Waals surface area (Å²) in [7, 11) is 0. The number of hydrogen-bond donors (Lipinski definition) is 1. The molecule has 0 bridgehead atoms. The first kappa shape index (κ1) is 17.9. The SMILES string of the molecule is Cc1ccc(C2(C)NC(=O)N(CC(=O)c3ccc(C)c(C)c3)C2=O)cc1. The second-order valence-electron chi connectivity index (χ2n) is 7.03. The summed E-state index contributed by atoms with van der Waals surface area (Å²) >= 11 is 0. The van der Waals surface area contributed by atoms with E-state index in [-0.39, 0.29) is 12.3 Å². The molecule has 1 N–H and O–H groups in total. The van der Waals surface area contributed by atoms with E-state index < -0.39 is 17.5 Å². The molecule has 1 atom stereocenters. The number of carbonyl (C=O) groups excluding carboxylic acids is 3. The van der Waals surface area contributed by atoms with E-state index >= 15 is 0 Å². The minimum absolute atomic E-state index is 0.259. The molecular formula is C21H22N2O3. The molecule has 0 aromatic heterocycles. The van der Waals surface area contributed by atoms with Crippen molar-refractivity contribution in [3.8, 4) is 0 Å². The minimum atomic E-state index is -1.16. The van der Waals surface area contributed by atoms with Gasteiger partial charge in [-0.25, -0.2) is 4.79 Å². The van der Waals surface area contributed by atoms with Crippen LogP contribution in [0.25, 0.3) is 0 Å². The number of nitrogens with zero attached hydrogens (tertiary/aromatic N) is 1. The Hall–Kier alpha value is -2.95. The maximum atomic E-state index is 12.9. The van der Waals surface area contributed by atoms with Crippen LogP contribution in [0.5, 0.6) is 0 Å². The molecule has 1 aliphatic rings. The molecule has 3 rings (SSSR count). The van der Waals surface area contributed by atoms with E-state index in [0.29, 0.717) is 11.1 Å². The Morgan fingerprint density at radius 1 is 1.00 bits per heavy atom. The number of amides is 3. The monoisotopic (exact) mass is 350 g/mol. The quantitative estimate of drug-likeness (QED) is 0.680. The van der Waals surface area contributed by atoms with Crippen molar-refractivity contribution in [2.24, 2.45) is 0 Å². The Morgan fingerprint density at radius 3 is 2.27 bits per heavy atom. The Morgan fingerprint density at radius 2 is 1.65 bits per heavy atom. The van der Waals surface area contributed by atoms with E-state index in [1.54, 1.807) is 19.1 Å². The number of hydrogen-bond acceptors (Lipinski definition) is 3. The topological polar surface area (TPSA) is 66.5 Å². The molecule has 0 radical (unpaired) electrons. The van der Waals surface area contributed by atoms with Crippen LogP contribution >= 0.6 is 0 Å². The molecular weight excluding hydrogens is 328 g/mol. The first-order valence-electron chi connectivity index (χ1n) is 8.54. The highest BCUT2D eigenvalue weighted by Crippen LogP contribution is 2.29. The van der Waals surface area contributed by atoms with Gasteiger partial charge in [-0.1, -0.05) is 42.0 Å². The standard InChI is InChI=1S/C21H22N2O3/c1-13-5-9-17(10-6-13)21(4)19(25)23(20(26)22-21)12-18(24)16-8-7-14(2)15(3)11-16/h5-11H,12H2,1-4H3,(H,22,26). The molecule has 0 spiro atoms. The lowest BCUT2D eigenvalue weighted by molar-refractivity contribution is -0.130. The zero-order valence-electron chi connectivity index (χ0n) is 15.4. The van der Waals surface area contributed by atoms with Crippen molar-refractivity contribution in [2.45, 2.75) is 33.2 Å². The van der Waals surface area contributed by atoms with Gasteiger partial charge in [0.1, 0.15) is 5.54 Å². The fourth-order valence-electron chi connectivity index (χ4n) is 3.07. The van der Waals surface area contributed by atoms with Crippen molar-refractivity contribution < 1.29 is 14.4 Å². The van der Waals surface area contributed by atoms with Crippen LogP contribution in [0.15, 0.2) is 42.5 Å². The predicted molar refractivity (Wildman–Crippen MR) is 99.0 cm³/mol. The van der Waals surface area contributed by atoms with Gasteiger partial charge in [-0.2, -0.15) is 0 Å². The number of benzene rings is 2. The van der Waals surface area contributed by atoms with Crippen molar-refractivity contribution >= 4 is 17.7 Å². The number of Topliss-reactive ketones (excluding diaryl/α,β-unsaturated/α-hetero) is 1. The zero-order chi connectivity index (χ0) is 19.1. The summed E-state index contributed by atoms with van der Waals surface area (Å²) in [5.74, 6) is -0.673. The second-order valence-corrected chi connectivity index (χ2v) is 7.03. The van der Waals surface area contributed by atoms with E-state index in [1.165, 1.54) is 0 Å². The third-order valence-corrected chi connectivity index (χ3v) is 5.03. The third-order valence-electron chi connectivity index (χ3n) is 5.03. The number of nitrogens with one attached hydrogen (secondary N) is 1. The van der Waals surface area contributed by atoms with Gasteiger partial charge in [-0.3, -0.25) is 14.5 Å². The van der Waals surface area contributed by atoms with Crippen molar-refractivity contribution in [1.29, 1.82) is 0 Å². The predicted octanol–water partition coefficient (Wildman–Crippen LogP) is 3.26. The molecule has 3 amide bonds. The highest BCUT2D eigenvalue weighted by molar-refractivity contribution is 6.11. The van der Waals surface area contributed by atoms with Gasteiger partial charge in [0.2, 0.25) is 0 Å². The summed E-state index contributed by atoms with van der Waals surface area (Å²) in [6, 6.07) is 12.3. The van der Waals surface area contributed by atoms with Crippen LogP contribution in [0.1, 0.15) is 39.5 Å². The number of urea groups is 1. The van der Waals surface area contributed by atoms with Gasteiger partial charge in [0.15, 0.2) is 5.78 Å². The largest absolute Gasteiger partial charge is 0.325 e. The Balaban J connectivity index is 1.84. The molecule has 1 fully saturated rings. The summed E-state index contributed by atoms with van der Waals surface area (Å²) in [5.41, 5.74) is 3.19. The summed E-state index contributed by atoms with van der Waals surface area (Å²) < 4.78 is 0. The van der Waals surface area contributed by atoms with Crippen molar-refractivity contribution in [2.75, 3.05) is 6.54 Å². The van der Waals surface area contributed by atoms with Gasteiger partial charge in [0, 0.05) is 5.56 Å². The molecule has 1 unspecified atom stereocenters. The van der Waals surface area contributed by atoms with Crippen molar-refractivity contribution in [3.63, 3.8) is 0 Å². The maximum Gasteiger partial charge on any atom is 0.325 e. The van der Waals surface area contributed by atoms with E-state index in [0.717, 1.165) is 21.6 Å². The Kier molecular flexibility index (Phi) is 4.40. The van der Waals surface area contributed by atoms with Crippen LogP contribution in [0, 0.1) is 20.8 Å². The molecule has 2 aromatic carbocycles. The highest BCUT2D eigenvalue weighted by Gasteiger charge is 2.49. The van der Waals surface area contributed by atoms with Crippen molar-refractivity contribution in [1.82, 2.24) is 10.2 Å². The molecule has 0 saturated carbocycles. The fourth-order valence-corrected chi connectivity index (χ4v) is 3.07. The molecule has 0 aliphatic carbocycles. The fraction of sp³-hybridized carbons (Fsp3) is 0.286. The lowest BCUT2D eigenvalue weighted by Gasteiger charge is -2.22. The summed E-state index contributed by atoms with van der Waals surface area (Å²) in [6.07, 6.45) is 0. The molecule has 1 saturated heterocycles. The van der Waals surface area contributed by atoms with Crippen molar-refractivity contribution in [3.05, 3.63) is 70.3 Å². The minimum Gasteiger partial charge on any atom is -0.319 e. The third kappa shape index (κ3) is 3.01. The molecule has 5 heteroatoms. The summed E-state index contributed by atoms with van der Waals surface area (Å²) in [5, 5.41) is 2.73. The lowest BCUT2D eigenvalue weighted by atomic mass is 9.91. The molecule has 1 heterocycles. The van der Waals surface area contributed by atoms with Gasteiger partial charge in [0.05, 0.1) is 6.54 Å². The van der Waals surface area contributed by atoms with E-state index in [4.69, 9.17) is 0 Å². The molecule has 2 aromatic rings. The molecule has 26 heavy (non-hydrogen) atoms. The molecule has 5 nitrogen and oxygen atoms in total. The van der Waals surface area contributed by atoms with Gasteiger partial charge < -0.3 is 5.32 Å². The van der Waals surface area contributed by atoms with Gasteiger partial charge >= 0.3 is 6.03 Å². The number of rotatable bonds is 4. The smallest absolute Gasteiger partial charge is 0.319 e. The average molecular weight is 350 g/mol. The first-order chi connectivity index (χ1) is 12.2.